The highest BCUT2D eigenvalue weighted by Gasteiger charge is 2.28. The lowest BCUT2D eigenvalue weighted by molar-refractivity contribution is -0.122. The Labute approximate surface area is 122 Å². The van der Waals surface area contributed by atoms with Gasteiger partial charge >= 0.3 is 0 Å². The van der Waals surface area contributed by atoms with Crippen LogP contribution in [0.4, 0.5) is 0 Å². The Morgan fingerprint density at radius 3 is 3.05 bits per heavy atom. The summed E-state index contributed by atoms with van der Waals surface area (Å²) >= 11 is 1.73. The molecule has 0 bridgehead atoms. The number of rotatable bonds is 6. The average Bonchev–Trinajstić information content (AvgIpc) is 2.90. The number of nitrogens with zero attached hydrogens (tertiary/aromatic N) is 1. The molecule has 1 aromatic carbocycles. The first-order chi connectivity index (χ1) is 9.72. The first-order valence-corrected chi connectivity index (χ1v) is 7.66. The molecule has 1 unspecified atom stereocenters. The summed E-state index contributed by atoms with van der Waals surface area (Å²) in [5, 5.41) is 14.3. The summed E-state index contributed by atoms with van der Waals surface area (Å²) < 4.78 is 0. The van der Waals surface area contributed by atoms with Crippen molar-refractivity contribution in [3.63, 3.8) is 0 Å². The van der Waals surface area contributed by atoms with Crippen LogP contribution < -0.4 is 11.1 Å². The van der Waals surface area contributed by atoms with Crippen molar-refractivity contribution < 1.29 is 10.0 Å². The van der Waals surface area contributed by atoms with Crippen molar-refractivity contribution in [1.29, 1.82) is 0 Å². The second-order valence-corrected chi connectivity index (χ2v) is 5.80. The van der Waals surface area contributed by atoms with Gasteiger partial charge in [-0.05, 0) is 24.5 Å². The third-order valence-corrected chi connectivity index (χ3v) is 4.49. The minimum Gasteiger partial charge on any atom is -0.409 e. The minimum absolute atomic E-state index is 0.0414. The smallest absolute Gasteiger partial charge is 0.228 e. The summed E-state index contributed by atoms with van der Waals surface area (Å²) in [5.41, 5.74) is 6.51. The number of amidine groups is 1. The van der Waals surface area contributed by atoms with Crippen molar-refractivity contribution >= 4 is 23.5 Å². The molecule has 108 valence electrons. The second-order valence-electron chi connectivity index (χ2n) is 4.74. The van der Waals surface area contributed by atoms with Gasteiger partial charge < -0.3 is 16.3 Å². The largest absolute Gasteiger partial charge is 0.409 e. The third-order valence-electron chi connectivity index (χ3n) is 3.30. The van der Waals surface area contributed by atoms with Crippen LogP contribution >= 0.6 is 11.8 Å². The monoisotopic (exact) mass is 293 g/mol. The molecular weight excluding hydrogens is 274 g/mol. The van der Waals surface area contributed by atoms with Crippen molar-refractivity contribution in [2.24, 2.45) is 10.9 Å². The normalized spacial score (nSPS) is 17.8. The zero-order chi connectivity index (χ0) is 14.4. The SMILES string of the molecule is NC(CCCCNC(=O)C1CSc2ccccc21)=NO. The summed E-state index contributed by atoms with van der Waals surface area (Å²) in [6.07, 6.45) is 2.17. The number of amides is 1. The molecule has 1 amide bonds. The van der Waals surface area contributed by atoms with Crippen LogP contribution in [0.1, 0.15) is 30.7 Å². The molecule has 0 aliphatic carbocycles. The lowest BCUT2D eigenvalue weighted by Crippen LogP contribution is -2.30. The maximum atomic E-state index is 12.1. The van der Waals surface area contributed by atoms with Crippen molar-refractivity contribution in [3.05, 3.63) is 29.8 Å². The van der Waals surface area contributed by atoms with E-state index in [0.717, 1.165) is 24.2 Å². The zero-order valence-corrected chi connectivity index (χ0v) is 12.0. The summed E-state index contributed by atoms with van der Waals surface area (Å²) in [7, 11) is 0. The summed E-state index contributed by atoms with van der Waals surface area (Å²) in [4.78, 5) is 13.4. The number of oxime groups is 1. The fourth-order valence-corrected chi connectivity index (χ4v) is 3.42. The molecule has 0 saturated carbocycles. The van der Waals surface area contributed by atoms with E-state index in [4.69, 9.17) is 10.9 Å². The molecule has 2 rings (SSSR count). The highest BCUT2D eigenvalue weighted by molar-refractivity contribution is 7.99. The number of benzene rings is 1. The van der Waals surface area contributed by atoms with Crippen LogP contribution in [-0.4, -0.2) is 29.2 Å². The standard InChI is InChI=1S/C14H19N3O2S/c15-13(17-19)7-3-4-8-16-14(18)11-9-20-12-6-2-1-5-10(11)12/h1-2,5-6,11,19H,3-4,7-9H2,(H2,15,17)(H,16,18). The predicted octanol–water partition coefficient (Wildman–Crippen LogP) is 1.91. The number of unbranched alkanes of at least 4 members (excludes halogenated alkanes) is 1. The molecule has 4 N–H and O–H groups in total. The van der Waals surface area contributed by atoms with Gasteiger partial charge in [-0.2, -0.15) is 0 Å². The second kappa shape index (κ2) is 7.19. The quantitative estimate of drug-likeness (QED) is 0.246. The van der Waals surface area contributed by atoms with Crippen molar-refractivity contribution in [3.8, 4) is 0 Å². The molecule has 0 fully saturated rings. The van der Waals surface area contributed by atoms with Crippen molar-refractivity contribution in [2.75, 3.05) is 12.3 Å². The Morgan fingerprint density at radius 1 is 1.45 bits per heavy atom. The number of fused-ring (bicyclic) bond motifs is 1. The Bertz CT molecular complexity index is 505. The number of carbonyl (C=O) groups is 1. The van der Waals surface area contributed by atoms with E-state index in [1.165, 1.54) is 4.90 Å². The van der Waals surface area contributed by atoms with Crippen LogP contribution in [0, 0.1) is 0 Å². The van der Waals surface area contributed by atoms with Crippen LogP contribution in [0.3, 0.4) is 0 Å². The fraction of sp³-hybridized carbons (Fsp3) is 0.429. The molecule has 0 aromatic heterocycles. The maximum absolute atomic E-state index is 12.1. The van der Waals surface area contributed by atoms with E-state index >= 15 is 0 Å². The summed E-state index contributed by atoms with van der Waals surface area (Å²) in [6.45, 7) is 0.626. The number of nitrogens with one attached hydrogen (secondary N) is 1. The van der Waals surface area contributed by atoms with E-state index in [2.05, 4.69) is 16.5 Å². The van der Waals surface area contributed by atoms with E-state index in [-0.39, 0.29) is 17.7 Å². The molecule has 6 heteroatoms. The predicted molar refractivity (Wildman–Crippen MR) is 80.2 cm³/mol. The highest BCUT2D eigenvalue weighted by Crippen LogP contribution is 2.39. The van der Waals surface area contributed by atoms with Crippen molar-refractivity contribution in [1.82, 2.24) is 5.32 Å². The lowest BCUT2D eigenvalue weighted by Gasteiger charge is -2.11. The van der Waals surface area contributed by atoms with Crippen LogP contribution in [0.2, 0.25) is 0 Å². The van der Waals surface area contributed by atoms with E-state index in [1.807, 2.05) is 18.2 Å². The summed E-state index contributed by atoms with van der Waals surface area (Å²) in [5.74, 6) is 1.10. The Kier molecular flexibility index (Phi) is 5.29. The Balaban J connectivity index is 1.74. The number of hydrogen-bond donors (Lipinski definition) is 3. The molecule has 0 spiro atoms. The van der Waals surface area contributed by atoms with E-state index in [9.17, 15) is 4.79 Å². The van der Waals surface area contributed by atoms with Gasteiger partial charge in [-0.15, -0.1) is 11.8 Å². The Hall–Kier alpha value is -1.69. The third kappa shape index (κ3) is 3.66. The van der Waals surface area contributed by atoms with Gasteiger partial charge in [-0.3, -0.25) is 4.79 Å². The van der Waals surface area contributed by atoms with Crippen LogP contribution in [0.15, 0.2) is 34.3 Å². The minimum atomic E-state index is -0.0414. The molecule has 1 aliphatic rings. The molecule has 1 atom stereocenters. The molecular formula is C14H19N3O2S. The van der Waals surface area contributed by atoms with Crippen LogP contribution in [0.5, 0.6) is 0 Å². The van der Waals surface area contributed by atoms with Gasteiger partial charge in [0.25, 0.3) is 0 Å². The molecule has 0 radical (unpaired) electrons. The highest BCUT2D eigenvalue weighted by atomic mass is 32.2. The average molecular weight is 293 g/mol. The molecule has 0 saturated heterocycles. The van der Waals surface area contributed by atoms with Gasteiger partial charge in [0.1, 0.15) is 5.84 Å². The van der Waals surface area contributed by atoms with E-state index < -0.39 is 0 Å². The van der Waals surface area contributed by atoms with Gasteiger partial charge in [0, 0.05) is 23.6 Å². The fourth-order valence-electron chi connectivity index (χ4n) is 2.20. The lowest BCUT2D eigenvalue weighted by atomic mass is 10.0. The van der Waals surface area contributed by atoms with E-state index in [1.54, 1.807) is 11.8 Å². The number of carbonyl (C=O) groups excluding carboxylic acids is 1. The van der Waals surface area contributed by atoms with Crippen LogP contribution in [0.25, 0.3) is 0 Å². The van der Waals surface area contributed by atoms with Gasteiger partial charge in [0.05, 0.1) is 5.92 Å². The molecule has 20 heavy (non-hydrogen) atoms. The van der Waals surface area contributed by atoms with Crippen LogP contribution in [-0.2, 0) is 4.79 Å². The van der Waals surface area contributed by atoms with Crippen molar-refractivity contribution in [2.45, 2.75) is 30.1 Å². The first kappa shape index (κ1) is 14.7. The van der Waals surface area contributed by atoms with Gasteiger partial charge in [0.15, 0.2) is 0 Å². The summed E-state index contributed by atoms with van der Waals surface area (Å²) in [6, 6.07) is 8.06. The number of nitrogens with two attached hydrogens (primary N) is 1. The van der Waals surface area contributed by atoms with Gasteiger partial charge in [0.2, 0.25) is 5.91 Å². The maximum Gasteiger partial charge on any atom is 0.228 e. The van der Waals surface area contributed by atoms with Gasteiger partial charge in [-0.25, -0.2) is 0 Å². The number of thioether (sulfide) groups is 1. The van der Waals surface area contributed by atoms with E-state index in [0.29, 0.717) is 13.0 Å². The Morgan fingerprint density at radius 2 is 2.25 bits per heavy atom. The topological polar surface area (TPSA) is 87.7 Å². The molecule has 5 nitrogen and oxygen atoms in total. The number of hydrogen-bond acceptors (Lipinski definition) is 4. The van der Waals surface area contributed by atoms with Gasteiger partial charge in [-0.1, -0.05) is 23.4 Å². The first-order valence-electron chi connectivity index (χ1n) is 6.68. The molecule has 1 aromatic rings. The zero-order valence-electron chi connectivity index (χ0n) is 11.2. The molecule has 1 heterocycles. The molecule has 1 aliphatic heterocycles.